The second-order valence-electron chi connectivity index (χ2n) is 8.39. The second kappa shape index (κ2) is 8.86. The van der Waals surface area contributed by atoms with E-state index in [9.17, 15) is 21.6 Å². The van der Waals surface area contributed by atoms with Gasteiger partial charge in [0.05, 0.1) is 22.1 Å². The number of rotatable bonds is 7. The highest BCUT2D eigenvalue weighted by Crippen LogP contribution is 2.33. The molecule has 1 unspecified atom stereocenters. The van der Waals surface area contributed by atoms with Crippen LogP contribution in [0.4, 0.5) is 5.69 Å². The van der Waals surface area contributed by atoms with Crippen LogP contribution >= 0.6 is 0 Å². The minimum atomic E-state index is -3.82. The third kappa shape index (κ3) is 4.41. The Balaban J connectivity index is 1.63. The van der Waals surface area contributed by atoms with E-state index in [0.29, 0.717) is 31.6 Å². The van der Waals surface area contributed by atoms with Crippen LogP contribution in [-0.2, 0) is 26.3 Å². The number of nitrogens with zero attached hydrogens (tertiary/aromatic N) is 2. The Morgan fingerprint density at radius 2 is 1.94 bits per heavy atom. The standard InChI is InChI=1S/C23H28N2O5S2/c1-2-3-13-24(20-12-15-31(27,28)17-20)23(26)19-8-6-9-21(16-19)32(29,30)25-14-11-18-7-4-5-10-22(18)25/h4-10,16,20H,2-3,11-15,17H2,1H3. The number of sulfonamides is 1. The van der Waals surface area contributed by atoms with Crippen LogP contribution in [0, 0.1) is 0 Å². The number of benzene rings is 2. The lowest BCUT2D eigenvalue weighted by Gasteiger charge is -2.28. The van der Waals surface area contributed by atoms with Crippen molar-refractivity contribution >= 4 is 31.5 Å². The van der Waals surface area contributed by atoms with Crippen LogP contribution in [0.2, 0.25) is 0 Å². The van der Waals surface area contributed by atoms with Gasteiger partial charge in [-0.2, -0.15) is 0 Å². The maximum Gasteiger partial charge on any atom is 0.264 e. The fourth-order valence-electron chi connectivity index (χ4n) is 4.44. The molecule has 1 saturated heterocycles. The van der Waals surface area contributed by atoms with Gasteiger partial charge in [-0.1, -0.05) is 37.6 Å². The molecule has 0 radical (unpaired) electrons. The molecule has 7 nitrogen and oxygen atoms in total. The van der Waals surface area contributed by atoms with Crippen molar-refractivity contribution in [3.63, 3.8) is 0 Å². The number of amides is 1. The first-order valence-corrected chi connectivity index (χ1v) is 14.2. The molecule has 1 amide bonds. The van der Waals surface area contributed by atoms with Gasteiger partial charge in [0.15, 0.2) is 9.84 Å². The summed E-state index contributed by atoms with van der Waals surface area (Å²) in [5.74, 6) is -0.277. The fourth-order valence-corrected chi connectivity index (χ4v) is 7.72. The first kappa shape index (κ1) is 22.8. The third-order valence-corrected chi connectivity index (χ3v) is 9.74. The molecule has 0 aliphatic carbocycles. The first-order valence-electron chi connectivity index (χ1n) is 10.9. The van der Waals surface area contributed by atoms with E-state index in [4.69, 9.17) is 0 Å². The van der Waals surface area contributed by atoms with E-state index in [1.165, 1.54) is 16.4 Å². The van der Waals surface area contributed by atoms with Gasteiger partial charge < -0.3 is 4.90 Å². The van der Waals surface area contributed by atoms with Crippen molar-refractivity contribution in [1.82, 2.24) is 4.90 Å². The minimum absolute atomic E-state index is 0.0367. The molecular formula is C23H28N2O5S2. The summed E-state index contributed by atoms with van der Waals surface area (Å²) in [6.07, 6.45) is 2.69. The monoisotopic (exact) mass is 476 g/mol. The molecule has 0 aromatic heterocycles. The van der Waals surface area contributed by atoms with Crippen LogP contribution in [0.1, 0.15) is 42.1 Å². The van der Waals surface area contributed by atoms with Crippen LogP contribution in [0.15, 0.2) is 53.4 Å². The number of para-hydroxylation sites is 1. The van der Waals surface area contributed by atoms with E-state index < -0.39 is 19.9 Å². The lowest BCUT2D eigenvalue weighted by molar-refractivity contribution is 0.0694. The Kier molecular flexibility index (Phi) is 6.31. The first-order chi connectivity index (χ1) is 15.2. The molecule has 172 valence electrons. The van der Waals surface area contributed by atoms with E-state index in [0.717, 1.165) is 18.4 Å². The molecule has 0 spiro atoms. The van der Waals surface area contributed by atoms with E-state index in [1.807, 2.05) is 25.1 Å². The van der Waals surface area contributed by atoms with Crippen LogP contribution in [0.3, 0.4) is 0 Å². The molecule has 2 aromatic carbocycles. The van der Waals surface area contributed by atoms with Gasteiger partial charge in [-0.05, 0) is 49.1 Å². The minimum Gasteiger partial charge on any atom is -0.335 e. The van der Waals surface area contributed by atoms with Gasteiger partial charge in [0.2, 0.25) is 0 Å². The van der Waals surface area contributed by atoms with Crippen molar-refractivity contribution in [3.05, 3.63) is 59.7 Å². The summed E-state index contributed by atoms with van der Waals surface area (Å²) < 4.78 is 52.1. The Bertz CT molecular complexity index is 1220. The predicted molar refractivity (Wildman–Crippen MR) is 124 cm³/mol. The lowest BCUT2D eigenvalue weighted by Crippen LogP contribution is -2.41. The number of carbonyl (C=O) groups excluding carboxylic acids is 1. The Morgan fingerprint density at radius 1 is 1.16 bits per heavy atom. The fraction of sp³-hybridized carbons (Fsp3) is 0.435. The number of hydrogen-bond acceptors (Lipinski definition) is 5. The summed E-state index contributed by atoms with van der Waals surface area (Å²) in [7, 11) is -6.97. The van der Waals surface area contributed by atoms with Gasteiger partial charge >= 0.3 is 0 Å². The topological polar surface area (TPSA) is 91.8 Å². The summed E-state index contributed by atoms with van der Waals surface area (Å²) in [6, 6.07) is 13.1. The summed E-state index contributed by atoms with van der Waals surface area (Å²) in [6.45, 7) is 2.82. The van der Waals surface area contributed by atoms with Crippen molar-refractivity contribution < 1.29 is 21.6 Å². The Morgan fingerprint density at radius 3 is 2.66 bits per heavy atom. The van der Waals surface area contributed by atoms with Crippen LogP contribution in [-0.4, -0.2) is 58.3 Å². The zero-order valence-corrected chi connectivity index (χ0v) is 19.7. The zero-order valence-electron chi connectivity index (χ0n) is 18.1. The van der Waals surface area contributed by atoms with Crippen molar-refractivity contribution in [2.75, 3.05) is 28.9 Å². The number of fused-ring (bicyclic) bond motifs is 1. The number of sulfone groups is 1. The van der Waals surface area contributed by atoms with Gasteiger partial charge in [-0.3, -0.25) is 9.10 Å². The van der Waals surface area contributed by atoms with E-state index in [-0.39, 0.29) is 33.9 Å². The molecule has 9 heteroatoms. The summed E-state index contributed by atoms with van der Waals surface area (Å²) >= 11 is 0. The van der Waals surface area contributed by atoms with Crippen LogP contribution in [0.5, 0.6) is 0 Å². The van der Waals surface area contributed by atoms with E-state index in [1.54, 1.807) is 23.1 Å². The van der Waals surface area contributed by atoms with E-state index in [2.05, 4.69) is 0 Å². The maximum absolute atomic E-state index is 13.4. The smallest absolute Gasteiger partial charge is 0.264 e. The molecular weight excluding hydrogens is 448 g/mol. The molecule has 2 aliphatic heterocycles. The number of anilines is 1. The van der Waals surface area contributed by atoms with Crippen molar-refractivity contribution in [2.24, 2.45) is 0 Å². The van der Waals surface area contributed by atoms with Crippen molar-refractivity contribution in [3.8, 4) is 0 Å². The van der Waals surface area contributed by atoms with Crippen molar-refractivity contribution in [2.45, 2.75) is 43.5 Å². The average molecular weight is 477 g/mol. The van der Waals surface area contributed by atoms with Gasteiger partial charge in [0.1, 0.15) is 0 Å². The quantitative estimate of drug-likeness (QED) is 0.613. The predicted octanol–water partition coefficient (Wildman–Crippen LogP) is 2.87. The highest BCUT2D eigenvalue weighted by Gasteiger charge is 2.35. The molecule has 2 aromatic rings. The largest absolute Gasteiger partial charge is 0.335 e. The molecule has 4 rings (SSSR count). The normalized spacial score (nSPS) is 19.7. The maximum atomic E-state index is 13.4. The summed E-state index contributed by atoms with van der Waals surface area (Å²) in [5.41, 5.74) is 1.92. The van der Waals surface area contributed by atoms with Crippen LogP contribution < -0.4 is 4.31 Å². The zero-order chi connectivity index (χ0) is 22.9. The number of carbonyl (C=O) groups is 1. The highest BCUT2D eigenvalue weighted by molar-refractivity contribution is 7.93. The Labute approximate surface area is 190 Å². The molecule has 0 bridgehead atoms. The van der Waals surface area contributed by atoms with Gasteiger partial charge in [0, 0.05) is 24.7 Å². The molecule has 1 fully saturated rings. The van der Waals surface area contributed by atoms with Gasteiger partial charge in [-0.25, -0.2) is 16.8 Å². The lowest BCUT2D eigenvalue weighted by atomic mass is 10.1. The molecule has 2 heterocycles. The molecule has 0 saturated carbocycles. The SMILES string of the molecule is CCCCN(C(=O)c1cccc(S(=O)(=O)N2CCc3ccccc32)c1)C1CCS(=O)(=O)C1. The van der Waals surface area contributed by atoms with Crippen molar-refractivity contribution in [1.29, 1.82) is 0 Å². The van der Waals surface area contributed by atoms with Gasteiger partial charge in [0.25, 0.3) is 15.9 Å². The molecule has 1 atom stereocenters. The average Bonchev–Trinajstić information content (AvgIpc) is 3.37. The molecule has 32 heavy (non-hydrogen) atoms. The number of unbranched alkanes of at least 4 members (excludes halogenated alkanes) is 1. The summed E-state index contributed by atoms with van der Waals surface area (Å²) in [4.78, 5) is 15.1. The highest BCUT2D eigenvalue weighted by atomic mass is 32.2. The van der Waals surface area contributed by atoms with Crippen LogP contribution in [0.25, 0.3) is 0 Å². The number of hydrogen-bond donors (Lipinski definition) is 0. The van der Waals surface area contributed by atoms with E-state index >= 15 is 0 Å². The molecule has 0 N–H and O–H groups in total. The molecule has 2 aliphatic rings. The third-order valence-electron chi connectivity index (χ3n) is 6.18. The van der Waals surface area contributed by atoms with Gasteiger partial charge in [-0.15, -0.1) is 0 Å². The Hall–Kier alpha value is -2.39. The summed E-state index contributed by atoms with van der Waals surface area (Å²) in [5, 5.41) is 0. The second-order valence-corrected chi connectivity index (χ2v) is 12.5.